The fraction of sp³-hybridized carbons (Fsp3) is 0.357. The smallest absolute Gasteiger partial charge is 0.250 e. The second kappa shape index (κ2) is 5.53. The standard InChI is InChI=1S/C14H19NO2/c1-6-17-13-10(4)7-12(8-11(13)5)15-14(16)9(2)3/h7-8H,2,6H2,1,3-5H3,(H,15,16). The van der Waals surface area contributed by atoms with Gasteiger partial charge in [0.1, 0.15) is 5.75 Å². The van der Waals surface area contributed by atoms with E-state index in [-0.39, 0.29) is 5.91 Å². The Labute approximate surface area is 102 Å². The van der Waals surface area contributed by atoms with E-state index in [1.54, 1.807) is 6.92 Å². The Kier molecular flexibility index (Phi) is 4.32. The Bertz CT molecular complexity index is 427. The monoisotopic (exact) mass is 233 g/mol. The summed E-state index contributed by atoms with van der Waals surface area (Å²) in [5.41, 5.74) is 3.30. The van der Waals surface area contributed by atoms with E-state index in [1.807, 2.05) is 32.9 Å². The van der Waals surface area contributed by atoms with Gasteiger partial charge in [-0.2, -0.15) is 0 Å². The van der Waals surface area contributed by atoms with Crippen LogP contribution in [-0.2, 0) is 4.79 Å². The minimum absolute atomic E-state index is 0.159. The third-order valence-electron chi connectivity index (χ3n) is 2.39. The van der Waals surface area contributed by atoms with E-state index in [9.17, 15) is 4.79 Å². The highest BCUT2D eigenvalue weighted by Gasteiger charge is 2.08. The molecule has 0 saturated heterocycles. The lowest BCUT2D eigenvalue weighted by Crippen LogP contribution is -2.12. The van der Waals surface area contributed by atoms with Crippen molar-refractivity contribution >= 4 is 11.6 Å². The van der Waals surface area contributed by atoms with Crippen LogP contribution in [0.2, 0.25) is 0 Å². The molecule has 3 nitrogen and oxygen atoms in total. The highest BCUT2D eigenvalue weighted by molar-refractivity contribution is 6.02. The van der Waals surface area contributed by atoms with E-state index in [0.29, 0.717) is 12.2 Å². The molecule has 0 spiro atoms. The molecular formula is C14H19NO2. The van der Waals surface area contributed by atoms with Gasteiger partial charge in [0.25, 0.3) is 5.91 Å². The fourth-order valence-corrected chi connectivity index (χ4v) is 1.63. The number of ether oxygens (including phenoxy) is 1. The van der Waals surface area contributed by atoms with Gasteiger partial charge in [0.05, 0.1) is 6.61 Å². The van der Waals surface area contributed by atoms with Crippen molar-refractivity contribution in [2.75, 3.05) is 11.9 Å². The number of hydrogen-bond acceptors (Lipinski definition) is 2. The average molecular weight is 233 g/mol. The van der Waals surface area contributed by atoms with Crippen molar-refractivity contribution in [3.05, 3.63) is 35.4 Å². The van der Waals surface area contributed by atoms with Crippen LogP contribution in [0.5, 0.6) is 5.75 Å². The summed E-state index contributed by atoms with van der Waals surface area (Å²) in [6, 6.07) is 3.80. The summed E-state index contributed by atoms with van der Waals surface area (Å²) < 4.78 is 5.54. The second-order valence-corrected chi connectivity index (χ2v) is 4.11. The molecule has 0 saturated carbocycles. The van der Waals surface area contributed by atoms with Crippen LogP contribution in [0, 0.1) is 13.8 Å². The lowest BCUT2D eigenvalue weighted by atomic mass is 10.1. The number of hydrogen-bond donors (Lipinski definition) is 1. The van der Waals surface area contributed by atoms with E-state index in [2.05, 4.69) is 11.9 Å². The van der Waals surface area contributed by atoms with E-state index < -0.39 is 0 Å². The minimum atomic E-state index is -0.159. The van der Waals surface area contributed by atoms with Crippen LogP contribution in [0.1, 0.15) is 25.0 Å². The average Bonchev–Trinajstić information content (AvgIpc) is 2.23. The van der Waals surface area contributed by atoms with Crippen LogP contribution >= 0.6 is 0 Å². The van der Waals surface area contributed by atoms with Gasteiger partial charge in [-0.1, -0.05) is 6.58 Å². The zero-order valence-corrected chi connectivity index (χ0v) is 10.9. The molecule has 0 heterocycles. The first-order chi connectivity index (χ1) is 7.95. The Morgan fingerprint density at radius 3 is 2.29 bits per heavy atom. The van der Waals surface area contributed by atoms with Gasteiger partial charge in [-0.3, -0.25) is 4.79 Å². The maximum atomic E-state index is 11.5. The van der Waals surface area contributed by atoms with E-state index in [4.69, 9.17) is 4.74 Å². The number of nitrogens with one attached hydrogen (secondary N) is 1. The van der Waals surface area contributed by atoms with Crippen LogP contribution in [0.3, 0.4) is 0 Å². The summed E-state index contributed by atoms with van der Waals surface area (Å²) in [4.78, 5) is 11.5. The first-order valence-electron chi connectivity index (χ1n) is 5.66. The number of anilines is 1. The number of benzene rings is 1. The quantitative estimate of drug-likeness (QED) is 0.811. The molecule has 0 unspecified atom stereocenters. The predicted octanol–water partition coefficient (Wildman–Crippen LogP) is 3.22. The first kappa shape index (κ1) is 13.3. The maximum absolute atomic E-state index is 11.5. The Hall–Kier alpha value is -1.77. The van der Waals surface area contributed by atoms with Gasteiger partial charge in [-0.25, -0.2) is 0 Å². The maximum Gasteiger partial charge on any atom is 0.250 e. The van der Waals surface area contributed by atoms with Crippen LogP contribution in [-0.4, -0.2) is 12.5 Å². The third-order valence-corrected chi connectivity index (χ3v) is 2.39. The fourth-order valence-electron chi connectivity index (χ4n) is 1.63. The second-order valence-electron chi connectivity index (χ2n) is 4.11. The van der Waals surface area contributed by atoms with Gasteiger partial charge >= 0.3 is 0 Å². The largest absolute Gasteiger partial charge is 0.493 e. The summed E-state index contributed by atoms with van der Waals surface area (Å²) in [5.74, 6) is 0.730. The van der Waals surface area contributed by atoms with Crippen LogP contribution in [0.4, 0.5) is 5.69 Å². The van der Waals surface area contributed by atoms with Crippen LogP contribution < -0.4 is 10.1 Å². The molecule has 1 aromatic rings. The van der Waals surface area contributed by atoms with Crippen LogP contribution in [0.15, 0.2) is 24.3 Å². The van der Waals surface area contributed by atoms with E-state index in [0.717, 1.165) is 22.6 Å². The zero-order valence-electron chi connectivity index (χ0n) is 10.9. The summed E-state index contributed by atoms with van der Waals surface area (Å²) >= 11 is 0. The molecule has 1 amide bonds. The number of rotatable bonds is 4. The molecular weight excluding hydrogens is 214 g/mol. The highest BCUT2D eigenvalue weighted by Crippen LogP contribution is 2.27. The van der Waals surface area contributed by atoms with Crippen molar-refractivity contribution in [2.24, 2.45) is 0 Å². The Morgan fingerprint density at radius 1 is 1.35 bits per heavy atom. The number of amides is 1. The number of carbonyl (C=O) groups excluding carboxylic acids is 1. The van der Waals surface area contributed by atoms with Gasteiger partial charge in [0.15, 0.2) is 0 Å². The molecule has 0 aliphatic carbocycles. The molecule has 1 aromatic carbocycles. The van der Waals surface area contributed by atoms with Crippen LogP contribution in [0.25, 0.3) is 0 Å². The van der Waals surface area contributed by atoms with E-state index in [1.165, 1.54) is 0 Å². The van der Waals surface area contributed by atoms with Crippen molar-refractivity contribution in [1.29, 1.82) is 0 Å². The molecule has 92 valence electrons. The highest BCUT2D eigenvalue weighted by atomic mass is 16.5. The lowest BCUT2D eigenvalue weighted by molar-refractivity contribution is -0.112. The normalized spacial score (nSPS) is 9.88. The summed E-state index contributed by atoms with van der Waals surface area (Å²) in [6.45, 7) is 11.8. The first-order valence-corrected chi connectivity index (χ1v) is 5.66. The summed E-state index contributed by atoms with van der Waals surface area (Å²) in [5, 5.41) is 2.80. The van der Waals surface area contributed by atoms with E-state index >= 15 is 0 Å². The van der Waals surface area contributed by atoms with Gasteiger partial charge < -0.3 is 10.1 Å². The molecule has 0 aromatic heterocycles. The van der Waals surface area contributed by atoms with Crippen molar-refractivity contribution in [2.45, 2.75) is 27.7 Å². The van der Waals surface area contributed by atoms with Gasteiger partial charge in [0, 0.05) is 11.3 Å². The molecule has 17 heavy (non-hydrogen) atoms. The molecule has 1 N–H and O–H groups in total. The Morgan fingerprint density at radius 2 is 1.88 bits per heavy atom. The molecule has 1 rings (SSSR count). The van der Waals surface area contributed by atoms with Gasteiger partial charge in [0.2, 0.25) is 0 Å². The number of aryl methyl sites for hydroxylation is 2. The molecule has 0 fully saturated rings. The zero-order chi connectivity index (χ0) is 13.0. The Balaban J connectivity index is 2.98. The van der Waals surface area contributed by atoms with Crippen molar-refractivity contribution < 1.29 is 9.53 Å². The predicted molar refractivity (Wildman–Crippen MR) is 70.5 cm³/mol. The van der Waals surface area contributed by atoms with Gasteiger partial charge in [-0.05, 0) is 51.0 Å². The van der Waals surface area contributed by atoms with Crippen molar-refractivity contribution in [3.8, 4) is 5.75 Å². The SMILES string of the molecule is C=C(C)C(=O)Nc1cc(C)c(OCC)c(C)c1. The minimum Gasteiger partial charge on any atom is -0.493 e. The lowest BCUT2D eigenvalue weighted by Gasteiger charge is -2.13. The molecule has 0 atom stereocenters. The summed E-state index contributed by atoms with van der Waals surface area (Å²) in [6.07, 6.45) is 0. The third kappa shape index (κ3) is 3.34. The molecule has 0 aliphatic heterocycles. The topological polar surface area (TPSA) is 38.3 Å². The molecule has 0 bridgehead atoms. The summed E-state index contributed by atoms with van der Waals surface area (Å²) in [7, 11) is 0. The van der Waals surface area contributed by atoms with Gasteiger partial charge in [-0.15, -0.1) is 0 Å². The molecule has 0 radical (unpaired) electrons. The number of carbonyl (C=O) groups is 1. The molecule has 0 aliphatic rings. The molecule has 3 heteroatoms. The van der Waals surface area contributed by atoms with Crippen molar-refractivity contribution in [3.63, 3.8) is 0 Å². The van der Waals surface area contributed by atoms with Crippen molar-refractivity contribution in [1.82, 2.24) is 0 Å².